The Hall–Kier alpha value is -1.07. The smallest absolute Gasteiger partial charge is 0.262 e. The summed E-state index contributed by atoms with van der Waals surface area (Å²) in [5, 5.41) is 11.0. The van der Waals surface area contributed by atoms with Crippen LogP contribution in [-0.2, 0) is 4.79 Å². The van der Waals surface area contributed by atoms with E-state index in [2.05, 4.69) is 21.2 Å². The van der Waals surface area contributed by atoms with Crippen molar-refractivity contribution in [3.05, 3.63) is 28.7 Å². The predicted molar refractivity (Wildman–Crippen MR) is 52.6 cm³/mol. The molecule has 0 saturated heterocycles. The minimum atomic E-state index is -0.470. The lowest BCUT2D eigenvalue weighted by molar-refractivity contribution is -0.127. The van der Waals surface area contributed by atoms with Crippen LogP contribution in [0.15, 0.2) is 28.7 Å². The monoisotopic (exact) mass is 244 g/mol. The van der Waals surface area contributed by atoms with Crippen molar-refractivity contribution >= 4 is 27.5 Å². The van der Waals surface area contributed by atoms with Crippen LogP contribution in [0.5, 0.6) is 0 Å². The third-order valence-electron chi connectivity index (χ3n) is 1.42. The van der Waals surface area contributed by atoms with E-state index in [0.29, 0.717) is 0 Å². The number of anilines is 1. The molecule has 0 heterocycles. The van der Waals surface area contributed by atoms with Crippen LogP contribution >= 0.6 is 15.9 Å². The summed E-state index contributed by atoms with van der Waals surface area (Å²) in [5.41, 5.74) is 2.36. The molecule has 0 aliphatic heterocycles. The second-order valence-corrected chi connectivity index (χ2v) is 3.31. The number of benzene rings is 1. The molecule has 1 amide bonds. The Morgan fingerprint density at radius 1 is 1.38 bits per heavy atom. The fourth-order valence-corrected chi connectivity index (χ4v) is 1.05. The molecule has 0 unspecified atom stereocenters. The van der Waals surface area contributed by atoms with Crippen LogP contribution in [0.4, 0.5) is 5.69 Å². The van der Waals surface area contributed by atoms with Gasteiger partial charge in [-0.2, -0.15) is 0 Å². The van der Waals surface area contributed by atoms with E-state index in [1.54, 1.807) is 0 Å². The van der Waals surface area contributed by atoms with Gasteiger partial charge in [-0.3, -0.25) is 10.0 Å². The van der Waals surface area contributed by atoms with E-state index in [1.165, 1.54) is 5.48 Å². The normalized spacial score (nSPS) is 9.38. The van der Waals surface area contributed by atoms with E-state index in [9.17, 15) is 4.79 Å². The van der Waals surface area contributed by atoms with Gasteiger partial charge in [0, 0.05) is 10.2 Å². The highest BCUT2D eigenvalue weighted by Gasteiger charge is 1.97. The van der Waals surface area contributed by atoms with Crippen LogP contribution in [0.3, 0.4) is 0 Å². The number of hydrogen-bond donors (Lipinski definition) is 3. The van der Waals surface area contributed by atoms with Gasteiger partial charge < -0.3 is 5.32 Å². The largest absolute Gasteiger partial charge is 0.376 e. The van der Waals surface area contributed by atoms with Crippen molar-refractivity contribution in [2.24, 2.45) is 0 Å². The summed E-state index contributed by atoms with van der Waals surface area (Å²) in [5.74, 6) is -0.470. The van der Waals surface area contributed by atoms with E-state index in [-0.39, 0.29) is 6.54 Å². The van der Waals surface area contributed by atoms with Gasteiger partial charge in [0.05, 0.1) is 6.54 Å². The Labute approximate surface area is 84.0 Å². The molecule has 1 aromatic rings. The summed E-state index contributed by atoms with van der Waals surface area (Å²) < 4.78 is 0.977. The lowest BCUT2D eigenvalue weighted by Crippen LogP contribution is -2.26. The number of halogens is 1. The minimum Gasteiger partial charge on any atom is -0.376 e. The molecular formula is C8H9BrN2O2. The number of amides is 1. The van der Waals surface area contributed by atoms with E-state index in [1.807, 2.05) is 24.3 Å². The van der Waals surface area contributed by atoms with Crippen molar-refractivity contribution in [1.82, 2.24) is 5.48 Å². The molecule has 0 fully saturated rings. The quantitative estimate of drug-likeness (QED) is 0.556. The second kappa shape index (κ2) is 4.84. The van der Waals surface area contributed by atoms with Gasteiger partial charge in [0.2, 0.25) is 0 Å². The number of hydrogen-bond acceptors (Lipinski definition) is 3. The summed E-state index contributed by atoms with van der Waals surface area (Å²) in [6.45, 7) is 0.0537. The summed E-state index contributed by atoms with van der Waals surface area (Å²) in [4.78, 5) is 10.6. The molecule has 1 aromatic carbocycles. The molecule has 0 aromatic heterocycles. The van der Waals surface area contributed by atoms with Crippen molar-refractivity contribution in [1.29, 1.82) is 0 Å². The number of carbonyl (C=O) groups is 1. The molecular weight excluding hydrogens is 236 g/mol. The Bertz CT molecular complexity index is 287. The van der Waals surface area contributed by atoms with Crippen LogP contribution in [0, 0.1) is 0 Å². The topological polar surface area (TPSA) is 61.4 Å². The molecule has 0 radical (unpaired) electrons. The van der Waals surface area contributed by atoms with E-state index < -0.39 is 5.91 Å². The third-order valence-corrected chi connectivity index (χ3v) is 1.95. The van der Waals surface area contributed by atoms with Crippen LogP contribution in [-0.4, -0.2) is 17.7 Å². The average molecular weight is 245 g/mol. The Kier molecular flexibility index (Phi) is 3.72. The van der Waals surface area contributed by atoms with Crippen LogP contribution < -0.4 is 10.8 Å². The van der Waals surface area contributed by atoms with E-state index in [0.717, 1.165) is 10.2 Å². The van der Waals surface area contributed by atoms with Gasteiger partial charge in [0.15, 0.2) is 0 Å². The molecule has 13 heavy (non-hydrogen) atoms. The van der Waals surface area contributed by atoms with Gasteiger partial charge in [-0.15, -0.1) is 0 Å². The maximum atomic E-state index is 10.6. The minimum absolute atomic E-state index is 0.0537. The standard InChI is InChI=1S/C8H9BrN2O2/c9-6-1-3-7(4-2-6)10-5-8(12)11-13/h1-4,10,13H,5H2,(H,11,12). The lowest BCUT2D eigenvalue weighted by Gasteiger charge is -2.03. The summed E-state index contributed by atoms with van der Waals surface area (Å²) in [6.07, 6.45) is 0. The highest BCUT2D eigenvalue weighted by molar-refractivity contribution is 9.10. The van der Waals surface area contributed by atoms with Crippen molar-refractivity contribution in [3.8, 4) is 0 Å². The van der Waals surface area contributed by atoms with E-state index >= 15 is 0 Å². The molecule has 0 aliphatic rings. The SMILES string of the molecule is O=C(CNc1ccc(Br)cc1)NO. The summed E-state index contributed by atoms with van der Waals surface area (Å²) in [7, 11) is 0. The maximum Gasteiger partial charge on any atom is 0.262 e. The van der Waals surface area contributed by atoms with Crippen molar-refractivity contribution < 1.29 is 10.0 Å². The fraction of sp³-hybridized carbons (Fsp3) is 0.125. The Balaban J connectivity index is 2.46. The predicted octanol–water partition coefficient (Wildman–Crippen LogP) is 1.37. The van der Waals surface area contributed by atoms with Gasteiger partial charge in [-0.1, -0.05) is 15.9 Å². The number of rotatable bonds is 3. The molecule has 0 spiro atoms. The van der Waals surface area contributed by atoms with Gasteiger partial charge in [-0.05, 0) is 24.3 Å². The van der Waals surface area contributed by atoms with Crippen molar-refractivity contribution in [2.45, 2.75) is 0 Å². The first-order valence-electron chi connectivity index (χ1n) is 3.65. The molecule has 3 N–H and O–H groups in total. The zero-order valence-electron chi connectivity index (χ0n) is 6.75. The Morgan fingerprint density at radius 3 is 2.54 bits per heavy atom. The highest BCUT2D eigenvalue weighted by atomic mass is 79.9. The molecule has 0 saturated carbocycles. The number of nitrogens with one attached hydrogen (secondary N) is 2. The first kappa shape index (κ1) is 10.0. The first-order valence-corrected chi connectivity index (χ1v) is 4.44. The van der Waals surface area contributed by atoms with Crippen LogP contribution in [0.1, 0.15) is 0 Å². The van der Waals surface area contributed by atoms with Gasteiger partial charge in [0.1, 0.15) is 0 Å². The van der Waals surface area contributed by atoms with Gasteiger partial charge in [-0.25, -0.2) is 5.48 Å². The van der Waals surface area contributed by atoms with Crippen molar-refractivity contribution in [3.63, 3.8) is 0 Å². The zero-order valence-corrected chi connectivity index (χ0v) is 8.34. The molecule has 0 atom stereocenters. The molecule has 4 nitrogen and oxygen atoms in total. The summed E-state index contributed by atoms with van der Waals surface area (Å²) in [6, 6.07) is 7.38. The highest BCUT2D eigenvalue weighted by Crippen LogP contribution is 2.13. The molecule has 70 valence electrons. The second-order valence-electron chi connectivity index (χ2n) is 2.40. The van der Waals surface area contributed by atoms with E-state index in [4.69, 9.17) is 5.21 Å². The van der Waals surface area contributed by atoms with Gasteiger partial charge in [0.25, 0.3) is 5.91 Å². The third kappa shape index (κ3) is 3.43. The van der Waals surface area contributed by atoms with Crippen LogP contribution in [0.2, 0.25) is 0 Å². The number of hydroxylamine groups is 1. The molecule has 0 aliphatic carbocycles. The first-order chi connectivity index (χ1) is 6.22. The lowest BCUT2D eigenvalue weighted by atomic mass is 10.3. The van der Waals surface area contributed by atoms with Gasteiger partial charge >= 0.3 is 0 Å². The summed E-state index contributed by atoms with van der Waals surface area (Å²) >= 11 is 3.29. The fourth-order valence-electron chi connectivity index (χ4n) is 0.790. The Morgan fingerprint density at radius 2 is 2.00 bits per heavy atom. The van der Waals surface area contributed by atoms with Crippen molar-refractivity contribution in [2.75, 3.05) is 11.9 Å². The van der Waals surface area contributed by atoms with Crippen LogP contribution in [0.25, 0.3) is 0 Å². The molecule has 0 bridgehead atoms. The maximum absolute atomic E-state index is 10.6. The number of carbonyl (C=O) groups excluding carboxylic acids is 1. The molecule has 5 heteroatoms. The average Bonchev–Trinajstić information content (AvgIpc) is 2.16. The zero-order chi connectivity index (χ0) is 9.68. The molecule has 1 rings (SSSR count).